The Labute approximate surface area is 105 Å². The van der Waals surface area contributed by atoms with E-state index >= 15 is 0 Å². The SMILES string of the molecule is CN1CCC2(CC1)CN(C1C3CN(C)CC31)C2. The molecule has 0 aromatic heterocycles. The Bertz CT molecular complexity index is 301. The van der Waals surface area contributed by atoms with Crippen LogP contribution in [0.15, 0.2) is 0 Å². The third kappa shape index (κ3) is 1.59. The van der Waals surface area contributed by atoms with Gasteiger partial charge >= 0.3 is 0 Å². The summed E-state index contributed by atoms with van der Waals surface area (Å²) in [6, 6.07) is 0.983. The van der Waals surface area contributed by atoms with E-state index in [0.29, 0.717) is 0 Å². The van der Waals surface area contributed by atoms with Gasteiger partial charge in [0, 0.05) is 32.2 Å². The second-order valence-corrected chi connectivity index (χ2v) is 7.25. The number of hydrogen-bond donors (Lipinski definition) is 0. The summed E-state index contributed by atoms with van der Waals surface area (Å²) in [6.45, 7) is 8.22. The standard InChI is InChI=1S/C14H25N3/c1-15-5-3-14(4-6-15)9-17(10-14)13-11-7-16(2)8-12(11)13/h11-13H,3-10H2,1-2H3. The van der Waals surface area contributed by atoms with Gasteiger partial charge < -0.3 is 9.80 Å². The van der Waals surface area contributed by atoms with E-state index in [-0.39, 0.29) is 0 Å². The van der Waals surface area contributed by atoms with E-state index in [0.717, 1.165) is 23.3 Å². The summed E-state index contributed by atoms with van der Waals surface area (Å²) in [7, 11) is 4.54. The highest BCUT2D eigenvalue weighted by Gasteiger charge is 2.61. The molecule has 0 amide bonds. The normalized spacial score (nSPS) is 45.9. The molecule has 2 unspecified atom stereocenters. The maximum Gasteiger partial charge on any atom is 0.0184 e. The average Bonchev–Trinajstić information content (AvgIpc) is 2.75. The first-order valence-corrected chi connectivity index (χ1v) is 7.28. The molecule has 0 aromatic carbocycles. The van der Waals surface area contributed by atoms with Crippen LogP contribution in [-0.2, 0) is 0 Å². The van der Waals surface area contributed by atoms with Gasteiger partial charge in [-0.15, -0.1) is 0 Å². The van der Waals surface area contributed by atoms with Crippen molar-refractivity contribution in [3.05, 3.63) is 0 Å². The monoisotopic (exact) mass is 235 g/mol. The van der Waals surface area contributed by atoms with Crippen LogP contribution in [0.2, 0.25) is 0 Å². The van der Waals surface area contributed by atoms with Crippen LogP contribution >= 0.6 is 0 Å². The molecule has 3 heterocycles. The second-order valence-electron chi connectivity index (χ2n) is 7.25. The zero-order valence-corrected chi connectivity index (χ0v) is 11.2. The Hall–Kier alpha value is -0.120. The third-order valence-corrected chi connectivity index (χ3v) is 5.88. The van der Waals surface area contributed by atoms with Gasteiger partial charge in [-0.1, -0.05) is 0 Å². The van der Waals surface area contributed by atoms with Crippen molar-refractivity contribution in [3.8, 4) is 0 Å². The first-order valence-electron chi connectivity index (χ1n) is 7.28. The molecule has 3 nitrogen and oxygen atoms in total. The van der Waals surface area contributed by atoms with Crippen LogP contribution in [0.25, 0.3) is 0 Å². The first-order chi connectivity index (χ1) is 8.17. The van der Waals surface area contributed by atoms with Gasteiger partial charge in [-0.25, -0.2) is 0 Å². The third-order valence-electron chi connectivity index (χ3n) is 5.88. The summed E-state index contributed by atoms with van der Waals surface area (Å²) in [5, 5.41) is 0. The van der Waals surface area contributed by atoms with Gasteiger partial charge in [-0.05, 0) is 57.3 Å². The second kappa shape index (κ2) is 3.46. The number of fused-ring (bicyclic) bond motifs is 1. The van der Waals surface area contributed by atoms with Gasteiger partial charge in [0.2, 0.25) is 0 Å². The largest absolute Gasteiger partial charge is 0.306 e. The lowest BCUT2D eigenvalue weighted by Gasteiger charge is -2.54. The molecular weight excluding hydrogens is 210 g/mol. The van der Waals surface area contributed by atoms with Crippen LogP contribution in [0, 0.1) is 17.3 Å². The lowest BCUT2D eigenvalue weighted by atomic mass is 9.72. The summed E-state index contributed by atoms with van der Waals surface area (Å²) >= 11 is 0. The van der Waals surface area contributed by atoms with E-state index in [9.17, 15) is 0 Å². The molecule has 4 aliphatic rings. The van der Waals surface area contributed by atoms with Crippen LogP contribution < -0.4 is 0 Å². The van der Waals surface area contributed by atoms with Crippen LogP contribution in [-0.4, -0.2) is 74.1 Å². The maximum atomic E-state index is 2.81. The van der Waals surface area contributed by atoms with Crippen LogP contribution in [0.4, 0.5) is 0 Å². The molecule has 17 heavy (non-hydrogen) atoms. The fraction of sp³-hybridized carbons (Fsp3) is 1.00. The van der Waals surface area contributed by atoms with Crippen molar-refractivity contribution in [2.45, 2.75) is 18.9 Å². The molecule has 0 radical (unpaired) electrons. The molecule has 4 fully saturated rings. The van der Waals surface area contributed by atoms with Crippen LogP contribution in [0.5, 0.6) is 0 Å². The Morgan fingerprint density at radius 3 is 2.06 bits per heavy atom. The summed E-state index contributed by atoms with van der Waals surface area (Å²) in [6.07, 6.45) is 2.89. The lowest BCUT2D eigenvalue weighted by molar-refractivity contribution is -0.0544. The van der Waals surface area contributed by atoms with Gasteiger partial charge in [0.1, 0.15) is 0 Å². The van der Waals surface area contributed by atoms with Crippen molar-refractivity contribution >= 4 is 0 Å². The van der Waals surface area contributed by atoms with E-state index in [2.05, 4.69) is 28.8 Å². The summed E-state index contributed by atoms with van der Waals surface area (Å²) < 4.78 is 0. The lowest BCUT2D eigenvalue weighted by Crippen LogP contribution is -2.61. The van der Waals surface area contributed by atoms with Gasteiger partial charge in [0.15, 0.2) is 0 Å². The number of hydrogen-bond acceptors (Lipinski definition) is 3. The molecule has 4 rings (SSSR count). The van der Waals surface area contributed by atoms with Gasteiger partial charge in [-0.3, -0.25) is 4.90 Å². The molecule has 1 saturated carbocycles. The van der Waals surface area contributed by atoms with E-state index in [1.165, 1.54) is 52.1 Å². The molecule has 3 heteroatoms. The van der Waals surface area contributed by atoms with Gasteiger partial charge in [-0.2, -0.15) is 0 Å². The Balaban J connectivity index is 1.32. The average molecular weight is 235 g/mol. The molecule has 1 spiro atoms. The minimum Gasteiger partial charge on any atom is -0.306 e. The zero-order chi connectivity index (χ0) is 11.6. The molecule has 0 N–H and O–H groups in total. The molecular formula is C14H25N3. The topological polar surface area (TPSA) is 9.72 Å². The molecule has 3 saturated heterocycles. The van der Waals surface area contributed by atoms with E-state index in [1.54, 1.807) is 0 Å². The first kappa shape index (κ1) is 10.8. The smallest absolute Gasteiger partial charge is 0.0184 e. The van der Waals surface area contributed by atoms with Gasteiger partial charge in [0.25, 0.3) is 0 Å². The maximum absolute atomic E-state index is 2.81. The van der Waals surface area contributed by atoms with E-state index in [4.69, 9.17) is 0 Å². The number of rotatable bonds is 1. The summed E-state index contributed by atoms with van der Waals surface area (Å²) in [5.74, 6) is 2.06. The van der Waals surface area contributed by atoms with Gasteiger partial charge in [0.05, 0.1) is 0 Å². The molecule has 0 bridgehead atoms. The van der Waals surface area contributed by atoms with Crippen molar-refractivity contribution in [3.63, 3.8) is 0 Å². The Morgan fingerprint density at radius 2 is 1.47 bits per heavy atom. The van der Waals surface area contributed by atoms with E-state index < -0.39 is 0 Å². The highest BCUT2D eigenvalue weighted by atomic mass is 15.3. The number of nitrogens with zero attached hydrogens (tertiary/aromatic N) is 3. The fourth-order valence-electron chi connectivity index (χ4n) is 4.68. The summed E-state index contributed by atoms with van der Waals surface area (Å²) in [5.41, 5.74) is 0.731. The van der Waals surface area contributed by atoms with Crippen molar-refractivity contribution < 1.29 is 0 Å². The zero-order valence-electron chi connectivity index (χ0n) is 11.2. The predicted octanol–water partition coefficient (Wildman–Crippen LogP) is 0.574. The number of likely N-dealkylation sites (tertiary alicyclic amines) is 3. The van der Waals surface area contributed by atoms with E-state index in [1.807, 2.05) is 0 Å². The molecule has 2 atom stereocenters. The molecule has 96 valence electrons. The summed E-state index contributed by atoms with van der Waals surface area (Å²) in [4.78, 5) is 7.82. The fourth-order valence-corrected chi connectivity index (χ4v) is 4.68. The Kier molecular flexibility index (Phi) is 2.19. The highest BCUT2D eigenvalue weighted by Crippen LogP contribution is 2.53. The Morgan fingerprint density at radius 1 is 0.882 bits per heavy atom. The van der Waals surface area contributed by atoms with Crippen molar-refractivity contribution in [2.24, 2.45) is 17.3 Å². The molecule has 1 aliphatic carbocycles. The van der Waals surface area contributed by atoms with Crippen molar-refractivity contribution in [1.82, 2.24) is 14.7 Å². The highest BCUT2D eigenvalue weighted by molar-refractivity contribution is 5.14. The van der Waals surface area contributed by atoms with Crippen LogP contribution in [0.1, 0.15) is 12.8 Å². The van der Waals surface area contributed by atoms with Crippen LogP contribution in [0.3, 0.4) is 0 Å². The molecule has 0 aromatic rings. The minimum absolute atomic E-state index is 0.731. The quantitative estimate of drug-likeness (QED) is 0.658. The minimum atomic E-state index is 0.731. The number of piperidine rings is 2. The molecule has 3 aliphatic heterocycles. The predicted molar refractivity (Wildman–Crippen MR) is 69.0 cm³/mol. The van der Waals surface area contributed by atoms with Crippen molar-refractivity contribution in [1.29, 1.82) is 0 Å². The van der Waals surface area contributed by atoms with Crippen molar-refractivity contribution in [2.75, 3.05) is 53.4 Å².